The van der Waals surface area contributed by atoms with Crippen LogP contribution in [0, 0.1) is 11.3 Å². The molecule has 0 saturated carbocycles. The van der Waals surface area contributed by atoms with Gasteiger partial charge in [-0.15, -0.1) is 0 Å². The zero-order valence-corrected chi connectivity index (χ0v) is 7.95. The molecule has 80 valence electrons. The molecule has 0 aliphatic rings. The summed E-state index contributed by atoms with van der Waals surface area (Å²) in [5.41, 5.74) is -2.15. The molecule has 0 aliphatic heterocycles. The molecule has 1 aromatic heterocycles. The first-order valence-corrected chi connectivity index (χ1v) is 4.60. The lowest BCUT2D eigenvalue weighted by molar-refractivity contribution is -0.141. The Morgan fingerprint density at radius 3 is 2.80 bits per heavy atom. The summed E-state index contributed by atoms with van der Waals surface area (Å²) in [6, 6.07) is 2.08. The molecule has 0 aliphatic carbocycles. The summed E-state index contributed by atoms with van der Waals surface area (Å²) in [5.74, 6) is -0.0791. The predicted molar refractivity (Wildman–Crippen MR) is 46.2 cm³/mol. The van der Waals surface area contributed by atoms with Gasteiger partial charge in [0.25, 0.3) is 5.56 Å². The average molecular weight is 235 g/mol. The summed E-state index contributed by atoms with van der Waals surface area (Å²) < 4.78 is 36.5. The number of alkyl halides is 3. The van der Waals surface area contributed by atoms with E-state index in [9.17, 15) is 18.0 Å². The van der Waals surface area contributed by atoms with Crippen LogP contribution in [0.1, 0.15) is 5.69 Å². The number of aromatic amines is 1. The predicted octanol–water partition coefficient (Wildman–Crippen LogP) is 1.40. The van der Waals surface area contributed by atoms with E-state index in [0.717, 1.165) is 11.8 Å². The highest BCUT2D eigenvalue weighted by Gasteiger charge is 2.33. The van der Waals surface area contributed by atoms with Crippen LogP contribution in [0.15, 0.2) is 16.0 Å². The second kappa shape index (κ2) is 4.35. The summed E-state index contributed by atoms with van der Waals surface area (Å²) in [6.45, 7) is 0. The average Bonchev–Trinajstić information content (AvgIpc) is 2.12. The number of H-pyrrole nitrogens is 1. The zero-order chi connectivity index (χ0) is 11.5. The summed E-state index contributed by atoms with van der Waals surface area (Å²) in [5, 5.41) is 8.00. The highest BCUT2D eigenvalue weighted by atomic mass is 32.2. The topological polar surface area (TPSA) is 69.5 Å². The van der Waals surface area contributed by atoms with E-state index in [-0.39, 0.29) is 10.9 Å². The van der Waals surface area contributed by atoms with Crippen LogP contribution in [0.2, 0.25) is 0 Å². The highest BCUT2D eigenvalue weighted by Crippen LogP contribution is 2.27. The third-order valence-electron chi connectivity index (χ3n) is 1.28. The van der Waals surface area contributed by atoms with Gasteiger partial charge in [0.1, 0.15) is 0 Å². The fourth-order valence-electron chi connectivity index (χ4n) is 0.749. The Kier molecular flexibility index (Phi) is 3.36. The van der Waals surface area contributed by atoms with E-state index in [1.807, 2.05) is 0 Å². The maximum absolute atomic E-state index is 12.2. The molecule has 1 rings (SSSR count). The summed E-state index contributed by atoms with van der Waals surface area (Å²) in [7, 11) is 0. The molecule has 0 radical (unpaired) electrons. The molecule has 0 saturated heterocycles. The van der Waals surface area contributed by atoms with Crippen molar-refractivity contribution in [2.75, 3.05) is 5.75 Å². The minimum Gasteiger partial charge on any atom is -0.301 e. The first-order valence-electron chi connectivity index (χ1n) is 3.62. The fraction of sp³-hybridized carbons (Fsp3) is 0.286. The standard InChI is InChI=1S/C7H4F3N3OS/c8-7(9,10)4-3-5(14)13-6(12-4)15-2-1-11/h3H,2H2,(H,12,13,14). The molecule has 0 atom stereocenters. The van der Waals surface area contributed by atoms with Crippen molar-refractivity contribution < 1.29 is 13.2 Å². The van der Waals surface area contributed by atoms with Crippen molar-refractivity contribution in [1.29, 1.82) is 5.26 Å². The Labute approximate surface area is 86.1 Å². The van der Waals surface area contributed by atoms with Crippen LogP contribution >= 0.6 is 11.8 Å². The Morgan fingerprint density at radius 2 is 2.27 bits per heavy atom. The number of halogens is 3. The van der Waals surface area contributed by atoms with Crippen molar-refractivity contribution in [3.63, 3.8) is 0 Å². The lowest BCUT2D eigenvalue weighted by atomic mass is 10.4. The van der Waals surface area contributed by atoms with Gasteiger partial charge in [0, 0.05) is 6.07 Å². The fourth-order valence-corrected chi connectivity index (χ4v) is 1.29. The second-order valence-electron chi connectivity index (χ2n) is 2.38. The van der Waals surface area contributed by atoms with Gasteiger partial charge in [-0.3, -0.25) is 4.79 Å². The van der Waals surface area contributed by atoms with Crippen molar-refractivity contribution in [2.24, 2.45) is 0 Å². The van der Waals surface area contributed by atoms with Gasteiger partial charge >= 0.3 is 6.18 Å². The van der Waals surface area contributed by atoms with E-state index in [1.54, 1.807) is 6.07 Å². The Balaban J connectivity index is 3.07. The molecule has 0 fully saturated rings. The number of hydrogen-bond acceptors (Lipinski definition) is 4. The van der Waals surface area contributed by atoms with Gasteiger partial charge in [0.05, 0.1) is 11.8 Å². The van der Waals surface area contributed by atoms with Crippen molar-refractivity contribution >= 4 is 11.8 Å². The smallest absolute Gasteiger partial charge is 0.301 e. The van der Waals surface area contributed by atoms with Crippen LogP contribution in [0.5, 0.6) is 0 Å². The van der Waals surface area contributed by atoms with Crippen molar-refractivity contribution in [1.82, 2.24) is 9.97 Å². The molecular formula is C7H4F3N3OS. The van der Waals surface area contributed by atoms with E-state index in [0.29, 0.717) is 6.07 Å². The van der Waals surface area contributed by atoms with Crippen molar-refractivity contribution in [3.05, 3.63) is 22.1 Å². The van der Waals surface area contributed by atoms with Crippen LogP contribution in [0.3, 0.4) is 0 Å². The number of rotatable bonds is 2. The lowest BCUT2D eigenvalue weighted by Gasteiger charge is -2.05. The van der Waals surface area contributed by atoms with Gasteiger partial charge < -0.3 is 4.98 Å². The van der Waals surface area contributed by atoms with Crippen LogP contribution in [0.4, 0.5) is 13.2 Å². The molecule has 4 nitrogen and oxygen atoms in total. The largest absolute Gasteiger partial charge is 0.433 e. The first-order chi connectivity index (χ1) is 6.93. The Morgan fingerprint density at radius 1 is 1.60 bits per heavy atom. The molecule has 1 N–H and O–H groups in total. The number of hydrogen-bond donors (Lipinski definition) is 1. The van der Waals surface area contributed by atoms with Crippen LogP contribution in [-0.4, -0.2) is 15.7 Å². The molecule has 0 bridgehead atoms. The number of nitriles is 1. The minimum atomic E-state index is -4.66. The molecule has 0 aromatic carbocycles. The zero-order valence-electron chi connectivity index (χ0n) is 7.13. The van der Waals surface area contributed by atoms with Crippen LogP contribution < -0.4 is 5.56 Å². The maximum atomic E-state index is 12.2. The van der Waals surface area contributed by atoms with Gasteiger partial charge in [-0.25, -0.2) is 4.98 Å². The van der Waals surface area contributed by atoms with Crippen LogP contribution in [-0.2, 0) is 6.18 Å². The maximum Gasteiger partial charge on any atom is 0.433 e. The SMILES string of the molecule is N#CCSc1nc(C(F)(F)F)cc(=O)[nH]1. The highest BCUT2D eigenvalue weighted by molar-refractivity contribution is 7.99. The van der Waals surface area contributed by atoms with Gasteiger partial charge in [-0.2, -0.15) is 18.4 Å². The number of nitrogens with zero attached hydrogens (tertiary/aromatic N) is 2. The van der Waals surface area contributed by atoms with E-state index in [2.05, 4.69) is 9.97 Å². The second-order valence-corrected chi connectivity index (χ2v) is 3.34. The summed E-state index contributed by atoms with van der Waals surface area (Å²) >= 11 is 0.737. The van der Waals surface area contributed by atoms with Gasteiger partial charge in [-0.1, -0.05) is 11.8 Å². The molecule has 0 spiro atoms. The van der Waals surface area contributed by atoms with Gasteiger partial charge in [-0.05, 0) is 0 Å². The number of nitrogens with one attached hydrogen (secondary N) is 1. The Bertz CT molecular complexity index is 448. The molecule has 1 heterocycles. The minimum absolute atomic E-state index is 0.0791. The van der Waals surface area contributed by atoms with E-state index in [1.165, 1.54) is 0 Å². The third kappa shape index (κ3) is 3.28. The molecule has 0 amide bonds. The first kappa shape index (κ1) is 11.6. The van der Waals surface area contributed by atoms with E-state index in [4.69, 9.17) is 5.26 Å². The number of thioether (sulfide) groups is 1. The van der Waals surface area contributed by atoms with Gasteiger partial charge in [0.15, 0.2) is 10.9 Å². The monoisotopic (exact) mass is 235 g/mol. The molecule has 1 aromatic rings. The van der Waals surface area contributed by atoms with Crippen LogP contribution in [0.25, 0.3) is 0 Å². The summed E-state index contributed by atoms with van der Waals surface area (Å²) in [6.07, 6.45) is -4.66. The van der Waals surface area contributed by atoms with E-state index < -0.39 is 17.4 Å². The van der Waals surface area contributed by atoms with Gasteiger partial charge in [0.2, 0.25) is 0 Å². The molecule has 15 heavy (non-hydrogen) atoms. The normalized spacial score (nSPS) is 11.1. The molecule has 8 heteroatoms. The molecular weight excluding hydrogens is 231 g/mol. The van der Waals surface area contributed by atoms with Crippen molar-refractivity contribution in [3.8, 4) is 6.07 Å². The Hall–Kier alpha value is -1.49. The summed E-state index contributed by atoms with van der Waals surface area (Å²) in [4.78, 5) is 16.1. The quantitative estimate of drug-likeness (QED) is 0.621. The van der Waals surface area contributed by atoms with Crippen molar-refractivity contribution in [2.45, 2.75) is 11.3 Å². The molecule has 0 unspecified atom stereocenters. The van der Waals surface area contributed by atoms with E-state index >= 15 is 0 Å². The third-order valence-corrected chi connectivity index (χ3v) is 2.02. The lowest BCUT2D eigenvalue weighted by Crippen LogP contribution is -2.16. The number of aromatic nitrogens is 2.